The van der Waals surface area contributed by atoms with Gasteiger partial charge in [-0.25, -0.2) is 0 Å². The number of nitrogens with two attached hydrogens (primary N) is 1. The highest BCUT2D eigenvalue weighted by Gasteiger charge is 2.25. The summed E-state index contributed by atoms with van der Waals surface area (Å²) in [4.78, 5) is 13.3. The first-order chi connectivity index (χ1) is 8.58. The molecule has 1 aromatic rings. The minimum Gasteiger partial charge on any atom is -0.508 e. The Labute approximate surface area is 107 Å². The van der Waals surface area contributed by atoms with Crippen molar-refractivity contribution in [3.05, 3.63) is 29.8 Å². The van der Waals surface area contributed by atoms with E-state index in [2.05, 4.69) is 4.90 Å². The Hall–Kier alpha value is -1.55. The van der Waals surface area contributed by atoms with E-state index in [9.17, 15) is 9.90 Å². The quantitative estimate of drug-likeness (QED) is 0.850. The van der Waals surface area contributed by atoms with Crippen LogP contribution in [0.1, 0.15) is 31.2 Å². The molecule has 1 aromatic carbocycles. The standard InChI is InChI=1S/C14H20N2O2/c1-10(14(15)18)16-8-6-12(7-9-16)11-2-4-13(17)5-3-11/h2-5,10,12,17H,6-9H2,1H3,(H2,15,18)/t10-/m0/s1. The van der Waals surface area contributed by atoms with Gasteiger partial charge in [0.2, 0.25) is 5.91 Å². The van der Waals surface area contributed by atoms with Crippen LogP contribution in [0.15, 0.2) is 24.3 Å². The maximum atomic E-state index is 11.1. The normalized spacial score (nSPS) is 19.6. The fourth-order valence-electron chi connectivity index (χ4n) is 2.55. The zero-order valence-corrected chi connectivity index (χ0v) is 10.7. The zero-order valence-electron chi connectivity index (χ0n) is 10.7. The lowest BCUT2D eigenvalue weighted by molar-refractivity contribution is -0.123. The van der Waals surface area contributed by atoms with Gasteiger partial charge in [-0.05, 0) is 56.5 Å². The third-order valence-electron chi connectivity index (χ3n) is 3.85. The number of rotatable bonds is 3. The maximum absolute atomic E-state index is 11.1. The van der Waals surface area contributed by atoms with E-state index >= 15 is 0 Å². The molecule has 1 aliphatic rings. The second-order valence-electron chi connectivity index (χ2n) is 4.98. The van der Waals surface area contributed by atoms with Crippen LogP contribution in [0.5, 0.6) is 5.75 Å². The Morgan fingerprint density at radius 1 is 1.33 bits per heavy atom. The van der Waals surface area contributed by atoms with E-state index in [1.54, 1.807) is 12.1 Å². The smallest absolute Gasteiger partial charge is 0.234 e. The number of phenols is 1. The number of amides is 1. The van der Waals surface area contributed by atoms with Gasteiger partial charge in [0.25, 0.3) is 0 Å². The Bertz CT molecular complexity index is 408. The molecule has 18 heavy (non-hydrogen) atoms. The lowest BCUT2D eigenvalue weighted by atomic mass is 9.89. The number of piperidine rings is 1. The maximum Gasteiger partial charge on any atom is 0.234 e. The third kappa shape index (κ3) is 2.82. The number of nitrogens with zero attached hydrogens (tertiary/aromatic N) is 1. The number of hydrogen-bond acceptors (Lipinski definition) is 3. The topological polar surface area (TPSA) is 66.6 Å². The van der Waals surface area contributed by atoms with Gasteiger partial charge < -0.3 is 10.8 Å². The van der Waals surface area contributed by atoms with Gasteiger partial charge in [0.1, 0.15) is 5.75 Å². The number of likely N-dealkylation sites (tertiary alicyclic amines) is 1. The fraction of sp³-hybridized carbons (Fsp3) is 0.500. The first-order valence-corrected chi connectivity index (χ1v) is 6.40. The molecule has 2 rings (SSSR count). The van der Waals surface area contributed by atoms with Crippen LogP contribution < -0.4 is 5.73 Å². The second-order valence-corrected chi connectivity index (χ2v) is 4.98. The summed E-state index contributed by atoms with van der Waals surface area (Å²) in [6.07, 6.45) is 2.06. The molecular formula is C14H20N2O2. The van der Waals surface area contributed by atoms with Crippen LogP contribution in [0.25, 0.3) is 0 Å². The number of benzene rings is 1. The zero-order chi connectivity index (χ0) is 13.1. The highest BCUT2D eigenvalue weighted by Crippen LogP contribution is 2.29. The van der Waals surface area contributed by atoms with E-state index < -0.39 is 0 Å². The van der Waals surface area contributed by atoms with Gasteiger partial charge >= 0.3 is 0 Å². The SMILES string of the molecule is C[C@@H](C(N)=O)N1CCC(c2ccc(O)cc2)CC1. The fourth-order valence-corrected chi connectivity index (χ4v) is 2.55. The molecule has 0 aliphatic carbocycles. The molecule has 3 N–H and O–H groups in total. The Morgan fingerprint density at radius 2 is 1.89 bits per heavy atom. The number of aromatic hydroxyl groups is 1. The minimum absolute atomic E-state index is 0.175. The van der Waals surface area contributed by atoms with Crippen LogP contribution in [0.4, 0.5) is 0 Å². The summed E-state index contributed by atoms with van der Waals surface area (Å²) in [5.74, 6) is 0.568. The molecule has 4 heteroatoms. The molecule has 98 valence electrons. The number of phenolic OH excluding ortho intramolecular Hbond substituents is 1. The molecule has 1 amide bonds. The molecule has 1 fully saturated rings. The summed E-state index contributed by atoms with van der Waals surface area (Å²) in [5, 5.41) is 9.27. The number of primary amides is 1. The van der Waals surface area contributed by atoms with E-state index in [1.807, 2.05) is 19.1 Å². The van der Waals surface area contributed by atoms with Gasteiger partial charge in [0.05, 0.1) is 6.04 Å². The van der Waals surface area contributed by atoms with Crippen molar-refractivity contribution in [2.45, 2.75) is 31.7 Å². The van der Waals surface area contributed by atoms with Crippen molar-refractivity contribution in [2.75, 3.05) is 13.1 Å². The van der Waals surface area contributed by atoms with Gasteiger partial charge in [-0.15, -0.1) is 0 Å². The molecular weight excluding hydrogens is 228 g/mol. The van der Waals surface area contributed by atoms with Gasteiger partial charge in [0.15, 0.2) is 0 Å². The van der Waals surface area contributed by atoms with Gasteiger partial charge in [-0.1, -0.05) is 12.1 Å². The predicted molar refractivity (Wildman–Crippen MR) is 70.3 cm³/mol. The molecule has 0 bridgehead atoms. The van der Waals surface area contributed by atoms with Crippen molar-refractivity contribution in [3.8, 4) is 5.75 Å². The first-order valence-electron chi connectivity index (χ1n) is 6.40. The molecule has 0 radical (unpaired) electrons. The molecule has 4 nitrogen and oxygen atoms in total. The van der Waals surface area contributed by atoms with E-state index in [0.29, 0.717) is 11.7 Å². The lowest BCUT2D eigenvalue weighted by Gasteiger charge is -2.34. The van der Waals surface area contributed by atoms with Crippen LogP contribution in [-0.4, -0.2) is 35.0 Å². The van der Waals surface area contributed by atoms with Crippen LogP contribution in [-0.2, 0) is 4.79 Å². The molecule has 0 saturated carbocycles. The van der Waals surface area contributed by atoms with Crippen molar-refractivity contribution in [1.29, 1.82) is 0 Å². The molecule has 1 heterocycles. The van der Waals surface area contributed by atoms with Crippen LogP contribution in [0.2, 0.25) is 0 Å². The second kappa shape index (κ2) is 5.40. The Balaban J connectivity index is 1.94. The largest absolute Gasteiger partial charge is 0.508 e. The third-order valence-corrected chi connectivity index (χ3v) is 3.85. The van der Waals surface area contributed by atoms with Crippen LogP contribution in [0, 0.1) is 0 Å². The van der Waals surface area contributed by atoms with Crippen molar-refractivity contribution in [3.63, 3.8) is 0 Å². The predicted octanol–water partition coefficient (Wildman–Crippen LogP) is 1.45. The Morgan fingerprint density at radius 3 is 2.39 bits per heavy atom. The molecule has 0 spiro atoms. The van der Waals surface area contributed by atoms with E-state index in [-0.39, 0.29) is 11.9 Å². The monoisotopic (exact) mass is 248 g/mol. The van der Waals surface area contributed by atoms with Crippen molar-refractivity contribution >= 4 is 5.91 Å². The highest BCUT2D eigenvalue weighted by atomic mass is 16.3. The summed E-state index contributed by atoms with van der Waals surface area (Å²) in [7, 11) is 0. The van der Waals surface area contributed by atoms with Crippen LogP contribution >= 0.6 is 0 Å². The number of hydrogen-bond donors (Lipinski definition) is 2. The number of carbonyl (C=O) groups is 1. The van der Waals surface area contributed by atoms with E-state index in [1.165, 1.54) is 5.56 Å². The summed E-state index contributed by atoms with van der Waals surface area (Å²) in [6.45, 7) is 3.66. The van der Waals surface area contributed by atoms with E-state index in [0.717, 1.165) is 25.9 Å². The molecule has 0 aromatic heterocycles. The summed E-state index contributed by atoms with van der Waals surface area (Å²) in [5.41, 5.74) is 6.58. The van der Waals surface area contributed by atoms with E-state index in [4.69, 9.17) is 5.73 Å². The van der Waals surface area contributed by atoms with Gasteiger partial charge in [0, 0.05) is 0 Å². The minimum atomic E-state index is -0.252. The Kier molecular flexibility index (Phi) is 3.87. The molecule has 1 saturated heterocycles. The van der Waals surface area contributed by atoms with Gasteiger partial charge in [-0.2, -0.15) is 0 Å². The molecule has 1 atom stereocenters. The highest BCUT2D eigenvalue weighted by molar-refractivity contribution is 5.79. The summed E-state index contributed by atoms with van der Waals surface area (Å²) < 4.78 is 0. The first kappa shape index (κ1) is 12.9. The van der Waals surface area contributed by atoms with Crippen molar-refractivity contribution in [1.82, 2.24) is 4.90 Å². The van der Waals surface area contributed by atoms with Crippen molar-refractivity contribution < 1.29 is 9.90 Å². The number of carbonyl (C=O) groups excluding carboxylic acids is 1. The molecule has 1 aliphatic heterocycles. The average molecular weight is 248 g/mol. The van der Waals surface area contributed by atoms with Crippen LogP contribution in [0.3, 0.4) is 0 Å². The summed E-state index contributed by atoms with van der Waals surface area (Å²) in [6, 6.07) is 7.24. The van der Waals surface area contributed by atoms with Gasteiger partial charge in [-0.3, -0.25) is 9.69 Å². The molecule has 0 unspecified atom stereocenters. The van der Waals surface area contributed by atoms with Crippen molar-refractivity contribution in [2.24, 2.45) is 5.73 Å². The average Bonchev–Trinajstić information content (AvgIpc) is 2.39. The summed E-state index contributed by atoms with van der Waals surface area (Å²) >= 11 is 0. The lowest BCUT2D eigenvalue weighted by Crippen LogP contribution is -2.46.